The zero-order chi connectivity index (χ0) is 20.9. The molecule has 1 unspecified atom stereocenters. The molecule has 30 heavy (non-hydrogen) atoms. The zero-order valence-electron chi connectivity index (χ0n) is 16.8. The highest BCUT2D eigenvalue weighted by Gasteiger charge is 2.26. The zero-order valence-corrected chi connectivity index (χ0v) is 16.8. The largest absolute Gasteiger partial charge is 0.480 e. The van der Waals surface area contributed by atoms with E-state index in [4.69, 9.17) is 4.74 Å². The quantitative estimate of drug-likeness (QED) is 0.436. The Morgan fingerprint density at radius 1 is 1.03 bits per heavy atom. The Bertz CT molecular complexity index is 1140. The van der Waals surface area contributed by atoms with E-state index in [9.17, 15) is 4.79 Å². The molecule has 0 saturated carbocycles. The maximum absolute atomic E-state index is 13.7. The molecule has 0 radical (unpaired) electrons. The predicted molar refractivity (Wildman–Crippen MR) is 117 cm³/mol. The first-order valence-electron chi connectivity index (χ1n) is 9.61. The maximum Gasteiger partial charge on any atom is 0.233 e. The lowest BCUT2D eigenvalue weighted by Crippen LogP contribution is -2.22. The van der Waals surface area contributed by atoms with E-state index in [0.717, 1.165) is 22.3 Å². The fourth-order valence-corrected chi connectivity index (χ4v) is 3.30. The highest BCUT2D eigenvalue weighted by atomic mass is 16.5. The van der Waals surface area contributed by atoms with Crippen molar-refractivity contribution in [3.05, 3.63) is 96.1 Å². The van der Waals surface area contributed by atoms with Gasteiger partial charge < -0.3 is 15.0 Å². The van der Waals surface area contributed by atoms with Crippen molar-refractivity contribution in [3.63, 3.8) is 0 Å². The van der Waals surface area contributed by atoms with Gasteiger partial charge in [0.25, 0.3) is 0 Å². The van der Waals surface area contributed by atoms with Crippen LogP contribution in [0.3, 0.4) is 0 Å². The van der Waals surface area contributed by atoms with Crippen molar-refractivity contribution < 1.29 is 9.53 Å². The van der Waals surface area contributed by atoms with Crippen molar-refractivity contribution in [3.8, 4) is 17.0 Å². The molecule has 150 valence electrons. The number of benzene rings is 2. The topological polar surface area (TPSA) is 79.9 Å². The lowest BCUT2D eigenvalue weighted by molar-refractivity contribution is 0.0970. The number of methoxy groups -OCH3 is 1. The third-order valence-corrected chi connectivity index (χ3v) is 4.88. The number of hydrogen-bond donors (Lipinski definition) is 2. The normalized spacial score (nSPS) is 11.7. The van der Waals surface area contributed by atoms with Gasteiger partial charge in [-0.1, -0.05) is 60.2 Å². The molecule has 0 saturated heterocycles. The van der Waals surface area contributed by atoms with Gasteiger partial charge in [-0.2, -0.15) is 4.98 Å². The van der Waals surface area contributed by atoms with Gasteiger partial charge in [-0.15, -0.1) is 0 Å². The molecule has 4 aromatic rings. The van der Waals surface area contributed by atoms with Gasteiger partial charge >= 0.3 is 0 Å². The van der Waals surface area contributed by atoms with E-state index >= 15 is 0 Å². The summed E-state index contributed by atoms with van der Waals surface area (Å²) in [6, 6.07) is 17.1. The average molecular weight is 398 g/mol. The van der Waals surface area contributed by atoms with Crippen LogP contribution in [0.15, 0.2) is 79.4 Å². The summed E-state index contributed by atoms with van der Waals surface area (Å²) in [6.45, 7) is 2.02. The van der Waals surface area contributed by atoms with Crippen molar-refractivity contribution in [1.29, 1.82) is 0 Å². The molecule has 0 aliphatic rings. The molecule has 0 amide bonds. The molecule has 2 aromatic carbocycles. The smallest absolute Gasteiger partial charge is 0.233 e. The van der Waals surface area contributed by atoms with Crippen molar-refractivity contribution in [2.75, 3.05) is 12.4 Å². The highest BCUT2D eigenvalue weighted by Crippen LogP contribution is 2.30. The molecule has 0 bridgehead atoms. The van der Waals surface area contributed by atoms with Crippen molar-refractivity contribution in [2.45, 2.75) is 13.0 Å². The minimum absolute atomic E-state index is 0.0661. The number of nitrogens with zero attached hydrogens (tertiary/aromatic N) is 2. The van der Waals surface area contributed by atoms with Gasteiger partial charge in [0.2, 0.25) is 5.88 Å². The molecule has 2 heterocycles. The van der Waals surface area contributed by atoms with Gasteiger partial charge in [-0.25, -0.2) is 0 Å². The number of rotatable bonds is 7. The Kier molecular flexibility index (Phi) is 5.57. The first-order valence-corrected chi connectivity index (χ1v) is 9.61. The summed E-state index contributed by atoms with van der Waals surface area (Å²) >= 11 is 0. The van der Waals surface area contributed by atoms with Gasteiger partial charge in [0.15, 0.2) is 5.78 Å². The minimum atomic E-state index is -0.634. The van der Waals surface area contributed by atoms with E-state index < -0.39 is 6.04 Å². The monoisotopic (exact) mass is 398 g/mol. The Morgan fingerprint density at radius 3 is 2.53 bits per heavy atom. The second-order valence-corrected chi connectivity index (χ2v) is 6.95. The first-order chi connectivity index (χ1) is 14.7. The van der Waals surface area contributed by atoms with Crippen LogP contribution in [0, 0.1) is 6.92 Å². The Balaban J connectivity index is 1.73. The van der Waals surface area contributed by atoms with E-state index in [1.165, 1.54) is 13.3 Å². The van der Waals surface area contributed by atoms with Gasteiger partial charge in [0, 0.05) is 23.5 Å². The molecule has 4 rings (SSSR count). The maximum atomic E-state index is 13.7. The van der Waals surface area contributed by atoms with Gasteiger partial charge in [0.1, 0.15) is 11.9 Å². The Hall–Kier alpha value is -3.93. The summed E-state index contributed by atoms with van der Waals surface area (Å²) in [5.74, 6) is 0.773. The van der Waals surface area contributed by atoms with Crippen LogP contribution in [0.2, 0.25) is 0 Å². The summed E-state index contributed by atoms with van der Waals surface area (Å²) in [5, 5.41) is 3.24. The number of anilines is 1. The number of carbonyl (C=O) groups excluding carboxylic acids is 1. The van der Waals surface area contributed by atoms with E-state index in [1.54, 1.807) is 12.4 Å². The van der Waals surface area contributed by atoms with Crippen LogP contribution in [0.4, 0.5) is 5.82 Å². The molecule has 1 atom stereocenters. The van der Waals surface area contributed by atoms with E-state index in [-0.39, 0.29) is 5.78 Å². The molecule has 0 fully saturated rings. The summed E-state index contributed by atoms with van der Waals surface area (Å²) in [5.41, 5.74) is 4.41. The van der Waals surface area contributed by atoms with Crippen LogP contribution in [-0.4, -0.2) is 27.8 Å². The third kappa shape index (κ3) is 4.07. The van der Waals surface area contributed by atoms with Crippen LogP contribution < -0.4 is 10.1 Å². The van der Waals surface area contributed by atoms with E-state index in [0.29, 0.717) is 17.3 Å². The van der Waals surface area contributed by atoms with Crippen molar-refractivity contribution in [1.82, 2.24) is 15.0 Å². The van der Waals surface area contributed by atoms with Crippen molar-refractivity contribution in [2.24, 2.45) is 0 Å². The molecule has 2 N–H and O–H groups in total. The summed E-state index contributed by atoms with van der Waals surface area (Å²) in [4.78, 5) is 25.3. The van der Waals surface area contributed by atoms with Crippen LogP contribution in [0.5, 0.6) is 5.88 Å². The first kappa shape index (κ1) is 19.4. The number of carbonyl (C=O) groups is 1. The van der Waals surface area contributed by atoms with Gasteiger partial charge in [0.05, 0.1) is 19.5 Å². The van der Waals surface area contributed by atoms with Crippen LogP contribution in [-0.2, 0) is 0 Å². The number of aromatic nitrogens is 3. The van der Waals surface area contributed by atoms with E-state index in [2.05, 4.69) is 20.3 Å². The molecule has 2 aromatic heterocycles. The highest BCUT2D eigenvalue weighted by molar-refractivity contribution is 6.07. The number of ketones is 1. The second kappa shape index (κ2) is 8.61. The number of aryl methyl sites for hydroxylation is 1. The van der Waals surface area contributed by atoms with E-state index in [1.807, 2.05) is 67.7 Å². The number of hydrogen-bond acceptors (Lipinski definition) is 5. The lowest BCUT2D eigenvalue weighted by Gasteiger charge is -2.19. The van der Waals surface area contributed by atoms with Crippen molar-refractivity contribution >= 4 is 11.6 Å². The van der Waals surface area contributed by atoms with Crippen LogP contribution in [0.25, 0.3) is 11.1 Å². The molecular weight excluding hydrogens is 376 g/mol. The number of ether oxygens (including phenoxy) is 1. The van der Waals surface area contributed by atoms with Crippen LogP contribution in [0.1, 0.15) is 27.5 Å². The number of H-pyrrole nitrogens is 1. The minimum Gasteiger partial charge on any atom is -0.480 e. The third-order valence-electron chi connectivity index (χ3n) is 4.88. The Labute approximate surface area is 175 Å². The predicted octanol–water partition coefficient (Wildman–Crippen LogP) is 4.82. The number of Topliss-reactive ketones (excluding diaryl/α,β-unsaturated/α-hetero) is 1. The lowest BCUT2D eigenvalue weighted by atomic mass is 9.94. The fraction of sp³-hybridized carbons (Fsp3) is 0.125. The van der Waals surface area contributed by atoms with Crippen LogP contribution >= 0.6 is 0 Å². The molecule has 0 spiro atoms. The SMILES string of the molecule is COc1cncc(NC(C(=O)c2c[nH]cc2-c2ccccc2)c2ccc(C)cc2)n1. The standard InChI is InChI=1S/C24H22N4O2/c1-16-8-10-18(11-9-16)23(28-21-14-26-15-22(27-21)30-2)24(29)20-13-25-12-19(20)17-6-4-3-5-7-17/h3-15,23,25H,1-2H3,(H,27,28). The number of nitrogens with one attached hydrogen (secondary N) is 2. The second-order valence-electron chi connectivity index (χ2n) is 6.95. The van der Waals surface area contributed by atoms with Gasteiger partial charge in [-0.3, -0.25) is 9.78 Å². The summed E-state index contributed by atoms with van der Waals surface area (Å²) in [7, 11) is 1.53. The van der Waals surface area contributed by atoms with Gasteiger partial charge in [-0.05, 0) is 18.1 Å². The summed E-state index contributed by atoms with van der Waals surface area (Å²) < 4.78 is 5.16. The average Bonchev–Trinajstić information content (AvgIpc) is 3.28. The fourth-order valence-electron chi connectivity index (χ4n) is 3.30. The molecule has 6 heteroatoms. The summed E-state index contributed by atoms with van der Waals surface area (Å²) in [6.07, 6.45) is 6.69. The Morgan fingerprint density at radius 2 is 1.80 bits per heavy atom. The molecule has 0 aliphatic heterocycles. The molecule has 6 nitrogen and oxygen atoms in total. The number of aromatic amines is 1. The molecule has 0 aliphatic carbocycles. The molecular formula is C24H22N4O2.